The number of carbonyl (C=O) groups excluding carboxylic acids is 1. The van der Waals surface area contributed by atoms with Crippen molar-refractivity contribution < 1.29 is 4.79 Å². The third kappa shape index (κ3) is 2.21. The first kappa shape index (κ1) is 11.8. The van der Waals surface area contributed by atoms with E-state index in [1.165, 1.54) is 11.3 Å². The SMILES string of the molecule is CC1(C(=O)c2cc(Cl)sc2Cl)CCCS1. The highest BCUT2D eigenvalue weighted by atomic mass is 35.5. The van der Waals surface area contributed by atoms with Crippen LogP contribution in [0.25, 0.3) is 0 Å². The number of ketones is 1. The Morgan fingerprint density at radius 2 is 2.27 bits per heavy atom. The largest absolute Gasteiger partial charge is 0.293 e. The fraction of sp³-hybridized carbons (Fsp3) is 0.500. The van der Waals surface area contributed by atoms with Gasteiger partial charge in [-0.15, -0.1) is 23.1 Å². The summed E-state index contributed by atoms with van der Waals surface area (Å²) in [7, 11) is 0. The van der Waals surface area contributed by atoms with E-state index in [1.807, 2.05) is 6.92 Å². The molecule has 1 nitrogen and oxygen atoms in total. The van der Waals surface area contributed by atoms with Gasteiger partial charge in [-0.25, -0.2) is 0 Å². The lowest BCUT2D eigenvalue weighted by Crippen LogP contribution is -2.28. The summed E-state index contributed by atoms with van der Waals surface area (Å²) in [6.07, 6.45) is 2.03. The number of hydrogen-bond acceptors (Lipinski definition) is 3. The molecule has 0 bridgehead atoms. The molecule has 5 heteroatoms. The van der Waals surface area contributed by atoms with E-state index < -0.39 is 0 Å². The van der Waals surface area contributed by atoms with Crippen LogP contribution in [0, 0.1) is 0 Å². The molecule has 1 unspecified atom stereocenters. The predicted molar refractivity (Wildman–Crippen MR) is 68.8 cm³/mol. The highest BCUT2D eigenvalue weighted by molar-refractivity contribution is 8.01. The van der Waals surface area contributed by atoms with Crippen LogP contribution in [0.4, 0.5) is 0 Å². The molecule has 15 heavy (non-hydrogen) atoms. The Bertz CT molecular complexity index is 394. The van der Waals surface area contributed by atoms with E-state index >= 15 is 0 Å². The number of Topliss-reactive ketones (excluding diaryl/α,β-unsaturated/α-hetero) is 1. The van der Waals surface area contributed by atoms with Gasteiger partial charge in [-0.05, 0) is 31.6 Å². The zero-order valence-electron chi connectivity index (χ0n) is 8.18. The minimum absolute atomic E-state index is 0.123. The van der Waals surface area contributed by atoms with Crippen molar-refractivity contribution in [1.82, 2.24) is 0 Å². The average molecular weight is 281 g/mol. The molecule has 1 fully saturated rings. The first-order valence-electron chi connectivity index (χ1n) is 4.66. The van der Waals surface area contributed by atoms with Crippen LogP contribution in [-0.2, 0) is 0 Å². The van der Waals surface area contributed by atoms with Crippen LogP contribution in [0.15, 0.2) is 6.07 Å². The Hall–Kier alpha value is 0.300. The maximum absolute atomic E-state index is 12.2. The summed E-state index contributed by atoms with van der Waals surface area (Å²) in [5.74, 6) is 1.18. The normalized spacial score (nSPS) is 25.8. The number of carbonyl (C=O) groups is 1. The molecule has 0 amide bonds. The molecule has 0 radical (unpaired) electrons. The van der Waals surface area contributed by atoms with Crippen molar-refractivity contribution in [2.24, 2.45) is 0 Å². The fourth-order valence-electron chi connectivity index (χ4n) is 1.74. The second-order valence-electron chi connectivity index (χ2n) is 3.75. The van der Waals surface area contributed by atoms with E-state index in [1.54, 1.807) is 17.8 Å². The Kier molecular flexibility index (Phi) is 3.36. The van der Waals surface area contributed by atoms with Crippen LogP contribution in [0.5, 0.6) is 0 Å². The maximum Gasteiger partial charge on any atom is 0.180 e. The molecule has 1 atom stereocenters. The Morgan fingerprint density at radius 1 is 1.53 bits per heavy atom. The second-order valence-corrected chi connectivity index (χ2v) is 7.63. The molecule has 0 spiro atoms. The zero-order valence-corrected chi connectivity index (χ0v) is 11.3. The van der Waals surface area contributed by atoms with E-state index in [9.17, 15) is 4.79 Å². The van der Waals surface area contributed by atoms with Gasteiger partial charge in [0.1, 0.15) is 4.34 Å². The number of thioether (sulfide) groups is 1. The van der Waals surface area contributed by atoms with Crippen LogP contribution >= 0.6 is 46.3 Å². The molecule has 0 N–H and O–H groups in total. The molecule has 0 saturated carbocycles. The van der Waals surface area contributed by atoms with Crippen molar-refractivity contribution in [3.63, 3.8) is 0 Å². The summed E-state index contributed by atoms with van der Waals surface area (Å²) in [5.41, 5.74) is 0.587. The van der Waals surface area contributed by atoms with Gasteiger partial charge in [-0.2, -0.15) is 0 Å². The van der Waals surface area contributed by atoms with Crippen molar-refractivity contribution in [3.8, 4) is 0 Å². The van der Waals surface area contributed by atoms with Gasteiger partial charge in [0, 0.05) is 0 Å². The first-order chi connectivity index (χ1) is 7.03. The molecule has 1 aliphatic heterocycles. The van der Waals surface area contributed by atoms with Crippen LogP contribution in [-0.4, -0.2) is 16.3 Å². The monoisotopic (exact) mass is 280 g/mol. The lowest BCUT2D eigenvalue weighted by molar-refractivity contribution is 0.0949. The standard InChI is InChI=1S/C10H10Cl2OS2/c1-10(3-2-4-14-10)8(13)6-5-7(11)15-9(6)12/h5H,2-4H2,1H3. The van der Waals surface area contributed by atoms with E-state index in [0.717, 1.165) is 18.6 Å². The highest BCUT2D eigenvalue weighted by Gasteiger charge is 2.38. The van der Waals surface area contributed by atoms with Crippen molar-refractivity contribution in [2.45, 2.75) is 24.5 Å². The number of hydrogen-bond donors (Lipinski definition) is 0. The molecule has 2 heterocycles. The Labute approximate surface area is 107 Å². The minimum atomic E-state index is -0.298. The number of rotatable bonds is 2. The van der Waals surface area contributed by atoms with Crippen LogP contribution in [0.3, 0.4) is 0 Å². The third-order valence-corrected chi connectivity index (χ3v) is 5.61. The minimum Gasteiger partial charge on any atom is -0.293 e. The molecule has 1 aromatic rings. The summed E-state index contributed by atoms with van der Waals surface area (Å²) in [6, 6.07) is 1.68. The topological polar surface area (TPSA) is 17.1 Å². The third-order valence-electron chi connectivity index (χ3n) is 2.60. The van der Waals surface area contributed by atoms with E-state index in [0.29, 0.717) is 14.2 Å². The summed E-state index contributed by atoms with van der Waals surface area (Å²) in [4.78, 5) is 12.2. The molecule has 82 valence electrons. The molecule has 0 aromatic carbocycles. The van der Waals surface area contributed by atoms with Crippen LogP contribution in [0.1, 0.15) is 30.1 Å². The number of halogens is 2. The van der Waals surface area contributed by atoms with Gasteiger partial charge >= 0.3 is 0 Å². The molecule has 2 rings (SSSR count). The van der Waals surface area contributed by atoms with Gasteiger partial charge in [-0.1, -0.05) is 23.2 Å². The van der Waals surface area contributed by atoms with E-state index in [2.05, 4.69) is 0 Å². The van der Waals surface area contributed by atoms with Crippen molar-refractivity contribution in [2.75, 3.05) is 5.75 Å². The maximum atomic E-state index is 12.2. The van der Waals surface area contributed by atoms with E-state index in [-0.39, 0.29) is 10.5 Å². The lowest BCUT2D eigenvalue weighted by Gasteiger charge is -2.20. The van der Waals surface area contributed by atoms with Gasteiger partial charge in [0.15, 0.2) is 5.78 Å². The van der Waals surface area contributed by atoms with Gasteiger partial charge in [0.2, 0.25) is 0 Å². The van der Waals surface area contributed by atoms with Crippen LogP contribution in [0.2, 0.25) is 8.67 Å². The quantitative estimate of drug-likeness (QED) is 0.741. The summed E-state index contributed by atoms with van der Waals surface area (Å²) >= 11 is 14.8. The smallest absolute Gasteiger partial charge is 0.180 e. The van der Waals surface area contributed by atoms with Gasteiger partial charge in [0.05, 0.1) is 14.6 Å². The molecule has 0 aliphatic carbocycles. The second kappa shape index (κ2) is 4.28. The Balaban J connectivity index is 2.31. The molecular weight excluding hydrogens is 271 g/mol. The van der Waals surface area contributed by atoms with Gasteiger partial charge < -0.3 is 0 Å². The molecule has 1 saturated heterocycles. The fourth-order valence-corrected chi connectivity index (χ4v) is 4.47. The lowest BCUT2D eigenvalue weighted by atomic mass is 9.96. The van der Waals surface area contributed by atoms with Gasteiger partial charge in [-0.3, -0.25) is 4.79 Å². The number of thiophene rings is 1. The molecular formula is C10H10Cl2OS2. The average Bonchev–Trinajstić information content (AvgIpc) is 2.73. The molecule has 1 aromatic heterocycles. The summed E-state index contributed by atoms with van der Waals surface area (Å²) in [6.45, 7) is 1.99. The predicted octanol–water partition coefficient (Wildman–Crippen LogP) is 4.52. The molecule has 1 aliphatic rings. The van der Waals surface area contributed by atoms with Crippen LogP contribution < -0.4 is 0 Å². The first-order valence-corrected chi connectivity index (χ1v) is 7.22. The van der Waals surface area contributed by atoms with Crippen molar-refractivity contribution in [3.05, 3.63) is 20.3 Å². The van der Waals surface area contributed by atoms with Crippen molar-refractivity contribution in [1.29, 1.82) is 0 Å². The van der Waals surface area contributed by atoms with Crippen molar-refractivity contribution >= 4 is 52.1 Å². The summed E-state index contributed by atoms with van der Waals surface area (Å²) in [5, 5.41) is 0. The zero-order chi connectivity index (χ0) is 11.1. The summed E-state index contributed by atoms with van der Waals surface area (Å²) < 4.78 is 0.794. The van der Waals surface area contributed by atoms with Gasteiger partial charge in [0.25, 0.3) is 0 Å². The van der Waals surface area contributed by atoms with E-state index in [4.69, 9.17) is 23.2 Å². The highest BCUT2D eigenvalue weighted by Crippen LogP contribution is 2.43. The Morgan fingerprint density at radius 3 is 2.73 bits per heavy atom.